The van der Waals surface area contributed by atoms with Gasteiger partial charge in [-0.2, -0.15) is 0 Å². The van der Waals surface area contributed by atoms with Gasteiger partial charge in [0.05, 0.1) is 11.6 Å². The van der Waals surface area contributed by atoms with E-state index in [1.165, 1.54) is 0 Å². The van der Waals surface area contributed by atoms with E-state index in [0.717, 1.165) is 43.8 Å². The molecule has 0 spiro atoms. The number of carbonyl (C=O) groups excluding carboxylic acids is 2. The third kappa shape index (κ3) is 4.39. The summed E-state index contributed by atoms with van der Waals surface area (Å²) < 4.78 is 1.96. The van der Waals surface area contributed by atoms with Crippen molar-refractivity contribution in [3.63, 3.8) is 0 Å². The Morgan fingerprint density at radius 2 is 1.84 bits per heavy atom. The highest BCUT2D eigenvalue weighted by Gasteiger charge is 2.34. The first-order valence-corrected chi connectivity index (χ1v) is 11.5. The minimum atomic E-state index is -0.175. The zero-order chi connectivity index (χ0) is 22.5. The molecule has 2 aromatic heterocycles. The monoisotopic (exact) mass is 433 g/mol. The van der Waals surface area contributed by atoms with Gasteiger partial charge < -0.3 is 19.5 Å². The molecule has 1 atom stereocenters. The Balaban J connectivity index is 1.59. The predicted molar refractivity (Wildman–Crippen MR) is 125 cm³/mol. The summed E-state index contributed by atoms with van der Waals surface area (Å²) in [5.41, 5.74) is 1.86. The van der Waals surface area contributed by atoms with E-state index in [9.17, 15) is 9.59 Å². The number of benzene rings is 1. The lowest BCUT2D eigenvalue weighted by Gasteiger charge is -2.24. The second-order valence-electron chi connectivity index (χ2n) is 8.08. The summed E-state index contributed by atoms with van der Waals surface area (Å²) in [4.78, 5) is 35.1. The van der Waals surface area contributed by atoms with Gasteiger partial charge in [0, 0.05) is 31.4 Å². The van der Waals surface area contributed by atoms with Crippen molar-refractivity contribution >= 4 is 17.3 Å². The number of carbonyl (C=O) groups is 2. The maximum atomic E-state index is 13.2. The zero-order valence-electron chi connectivity index (χ0n) is 18.8. The minimum Gasteiger partial charge on any atom is -0.349 e. The summed E-state index contributed by atoms with van der Waals surface area (Å²) in [6.07, 6.45) is 3.67. The van der Waals surface area contributed by atoms with E-state index >= 15 is 0 Å². The van der Waals surface area contributed by atoms with Gasteiger partial charge in [-0.15, -0.1) is 0 Å². The van der Waals surface area contributed by atoms with Gasteiger partial charge in [-0.1, -0.05) is 38.1 Å². The molecule has 3 aromatic rings. The highest BCUT2D eigenvalue weighted by atomic mass is 16.2. The molecular weight excluding hydrogens is 402 g/mol. The average molecular weight is 434 g/mol. The van der Waals surface area contributed by atoms with Crippen LogP contribution in [0.25, 0.3) is 5.52 Å². The van der Waals surface area contributed by atoms with Gasteiger partial charge in [-0.3, -0.25) is 9.59 Å². The fraction of sp³-hybridized carbons (Fsp3) is 0.400. The van der Waals surface area contributed by atoms with Gasteiger partial charge in [0.2, 0.25) is 0 Å². The van der Waals surface area contributed by atoms with E-state index in [0.29, 0.717) is 24.3 Å². The number of imidazole rings is 1. The van der Waals surface area contributed by atoms with Crippen LogP contribution in [0.4, 0.5) is 0 Å². The second-order valence-corrected chi connectivity index (χ2v) is 8.08. The standard InChI is InChI=1S/C25H31N5O2/c1-3-28(4-2)18-15-26-24(31)22-20-13-8-9-16-29(20)23(27-22)21-14-10-17-30(21)25(32)19-11-6-5-7-12-19/h5-9,11-13,16,21H,3-4,10,14-15,17-18H2,1-2H3,(H,26,31)/t21-/m1/s1. The number of amides is 2. The topological polar surface area (TPSA) is 70.0 Å². The van der Waals surface area contributed by atoms with Gasteiger partial charge in [0.15, 0.2) is 5.69 Å². The first-order valence-electron chi connectivity index (χ1n) is 11.5. The van der Waals surface area contributed by atoms with Gasteiger partial charge in [-0.05, 0) is 50.2 Å². The van der Waals surface area contributed by atoms with Crippen LogP contribution in [0.5, 0.6) is 0 Å². The van der Waals surface area contributed by atoms with Crippen LogP contribution >= 0.6 is 0 Å². The molecule has 168 valence electrons. The highest BCUT2D eigenvalue weighted by molar-refractivity contribution is 5.99. The van der Waals surface area contributed by atoms with Crippen LogP contribution in [-0.4, -0.2) is 63.7 Å². The van der Waals surface area contributed by atoms with E-state index < -0.39 is 0 Å². The fourth-order valence-electron chi connectivity index (χ4n) is 4.44. The minimum absolute atomic E-state index is 0.00556. The highest BCUT2D eigenvalue weighted by Crippen LogP contribution is 2.33. The molecule has 3 heterocycles. The lowest BCUT2D eigenvalue weighted by Crippen LogP contribution is -2.35. The van der Waals surface area contributed by atoms with Crippen LogP contribution in [-0.2, 0) is 0 Å². The average Bonchev–Trinajstić information content (AvgIpc) is 3.47. The number of pyridine rings is 1. The van der Waals surface area contributed by atoms with Crippen molar-refractivity contribution in [3.8, 4) is 0 Å². The molecule has 1 saturated heterocycles. The Hall–Kier alpha value is -3.19. The first-order chi connectivity index (χ1) is 15.6. The van der Waals surface area contributed by atoms with E-state index in [1.807, 2.05) is 64.0 Å². The molecule has 0 unspecified atom stereocenters. The Labute approximate surface area is 189 Å². The largest absolute Gasteiger partial charge is 0.349 e. The molecule has 32 heavy (non-hydrogen) atoms. The lowest BCUT2D eigenvalue weighted by molar-refractivity contribution is 0.0729. The number of rotatable bonds is 8. The number of hydrogen-bond donors (Lipinski definition) is 1. The molecule has 4 rings (SSSR count). The van der Waals surface area contributed by atoms with Crippen molar-refractivity contribution < 1.29 is 9.59 Å². The maximum absolute atomic E-state index is 13.2. The van der Waals surface area contributed by atoms with Crippen LogP contribution < -0.4 is 5.32 Å². The molecule has 7 nitrogen and oxygen atoms in total. The third-order valence-electron chi connectivity index (χ3n) is 6.23. The number of fused-ring (bicyclic) bond motifs is 1. The van der Waals surface area contributed by atoms with E-state index in [4.69, 9.17) is 4.98 Å². The predicted octanol–water partition coefficient (Wildman–Crippen LogP) is 3.38. The summed E-state index contributed by atoms with van der Waals surface area (Å²) >= 11 is 0. The SMILES string of the molecule is CCN(CC)CCNC(=O)c1nc([C@H]2CCCN2C(=O)c2ccccc2)n2ccccc12. The summed E-state index contributed by atoms with van der Waals surface area (Å²) in [5.74, 6) is 0.577. The van der Waals surface area contributed by atoms with Gasteiger partial charge in [-0.25, -0.2) is 4.98 Å². The van der Waals surface area contributed by atoms with Crippen molar-refractivity contribution in [2.45, 2.75) is 32.7 Å². The van der Waals surface area contributed by atoms with Crippen LogP contribution in [0.2, 0.25) is 0 Å². The molecule has 1 aromatic carbocycles. The Morgan fingerprint density at radius 3 is 2.59 bits per heavy atom. The van der Waals surface area contributed by atoms with Crippen LogP contribution in [0.3, 0.4) is 0 Å². The summed E-state index contributed by atoms with van der Waals surface area (Å²) in [7, 11) is 0. The molecule has 0 bridgehead atoms. The van der Waals surface area contributed by atoms with Crippen molar-refractivity contribution in [1.82, 2.24) is 24.5 Å². The molecule has 1 aliphatic rings. The quantitative estimate of drug-likeness (QED) is 0.591. The number of likely N-dealkylation sites (tertiary alicyclic amines) is 1. The van der Waals surface area contributed by atoms with Crippen molar-refractivity contribution in [2.24, 2.45) is 0 Å². The Kier molecular flexibility index (Phi) is 6.85. The van der Waals surface area contributed by atoms with Crippen molar-refractivity contribution in [2.75, 3.05) is 32.7 Å². The molecular formula is C25H31N5O2. The van der Waals surface area contributed by atoms with Gasteiger partial charge in [0.1, 0.15) is 5.82 Å². The number of hydrogen-bond acceptors (Lipinski definition) is 4. The van der Waals surface area contributed by atoms with E-state index in [2.05, 4.69) is 24.1 Å². The molecule has 7 heteroatoms. The number of nitrogens with one attached hydrogen (secondary N) is 1. The number of aromatic nitrogens is 2. The summed E-state index contributed by atoms with van der Waals surface area (Å²) in [5, 5.41) is 3.02. The first kappa shape index (κ1) is 22.0. The maximum Gasteiger partial charge on any atom is 0.272 e. The summed E-state index contributed by atoms with van der Waals surface area (Å²) in [6, 6.07) is 14.9. The Morgan fingerprint density at radius 1 is 1.09 bits per heavy atom. The van der Waals surface area contributed by atoms with Crippen molar-refractivity contribution in [1.29, 1.82) is 0 Å². The van der Waals surface area contributed by atoms with Gasteiger partial charge >= 0.3 is 0 Å². The zero-order valence-corrected chi connectivity index (χ0v) is 18.8. The molecule has 1 N–H and O–H groups in total. The van der Waals surface area contributed by atoms with E-state index in [-0.39, 0.29) is 17.9 Å². The van der Waals surface area contributed by atoms with Gasteiger partial charge in [0.25, 0.3) is 11.8 Å². The van der Waals surface area contributed by atoms with Crippen LogP contribution in [0, 0.1) is 0 Å². The van der Waals surface area contributed by atoms with Crippen LogP contribution in [0.15, 0.2) is 54.7 Å². The number of nitrogens with zero attached hydrogens (tertiary/aromatic N) is 4. The molecule has 1 fully saturated rings. The third-order valence-corrected chi connectivity index (χ3v) is 6.23. The normalized spacial score (nSPS) is 16.1. The van der Waals surface area contributed by atoms with Crippen molar-refractivity contribution in [3.05, 3.63) is 71.8 Å². The molecule has 0 saturated carbocycles. The lowest BCUT2D eigenvalue weighted by atomic mass is 10.1. The van der Waals surface area contributed by atoms with Crippen LogP contribution in [0.1, 0.15) is 59.4 Å². The smallest absolute Gasteiger partial charge is 0.272 e. The van der Waals surface area contributed by atoms with E-state index in [1.54, 1.807) is 0 Å². The molecule has 0 aliphatic carbocycles. The Bertz CT molecular complexity index is 1070. The molecule has 2 amide bonds. The molecule has 0 radical (unpaired) electrons. The number of likely N-dealkylation sites (N-methyl/N-ethyl adjacent to an activating group) is 1. The fourth-order valence-corrected chi connectivity index (χ4v) is 4.44. The second kappa shape index (κ2) is 9.96. The summed E-state index contributed by atoms with van der Waals surface area (Å²) in [6.45, 7) is 8.21. The molecule has 1 aliphatic heterocycles.